The van der Waals surface area contributed by atoms with Crippen molar-refractivity contribution in [2.45, 2.75) is 23.7 Å². The van der Waals surface area contributed by atoms with Gasteiger partial charge in [0.15, 0.2) is 5.65 Å². The Kier molecular flexibility index (Phi) is 4.07. The van der Waals surface area contributed by atoms with Gasteiger partial charge in [-0.1, -0.05) is 0 Å². The van der Waals surface area contributed by atoms with Gasteiger partial charge in [0.1, 0.15) is 4.90 Å². The van der Waals surface area contributed by atoms with Gasteiger partial charge in [-0.3, -0.25) is 4.98 Å². The Morgan fingerprint density at radius 3 is 2.59 bits per heavy atom. The van der Waals surface area contributed by atoms with E-state index in [1.165, 1.54) is 23.0 Å². The molecule has 4 heterocycles. The number of rotatable bonds is 3. The predicted octanol–water partition coefficient (Wildman–Crippen LogP) is 1.79. The molecule has 0 radical (unpaired) electrons. The van der Waals surface area contributed by atoms with Gasteiger partial charge in [-0.05, 0) is 18.2 Å². The standard InChI is InChI=1S/C16H16F2N6O2S/c17-16(18)3-5-23(6-4-16)27(25,26)13-7-12(8-20-9-13)11-1-2-14-21-15(19)22-24(14)10-11/h1-2,7-10H,3-6H2,(H2,19,22). The minimum Gasteiger partial charge on any atom is -0.366 e. The Morgan fingerprint density at radius 2 is 1.85 bits per heavy atom. The maximum absolute atomic E-state index is 13.3. The molecule has 142 valence electrons. The van der Waals surface area contributed by atoms with Crippen LogP contribution < -0.4 is 5.73 Å². The number of hydrogen-bond acceptors (Lipinski definition) is 6. The number of anilines is 1. The third-order valence-corrected chi connectivity index (χ3v) is 6.35. The van der Waals surface area contributed by atoms with Crippen LogP contribution in [0.2, 0.25) is 0 Å². The lowest BCUT2D eigenvalue weighted by Crippen LogP contribution is -2.42. The molecule has 1 aliphatic rings. The summed E-state index contributed by atoms with van der Waals surface area (Å²) in [6.07, 6.45) is 3.43. The van der Waals surface area contributed by atoms with Gasteiger partial charge >= 0.3 is 0 Å². The summed E-state index contributed by atoms with van der Waals surface area (Å²) in [5.74, 6) is -2.69. The van der Waals surface area contributed by atoms with Gasteiger partial charge in [-0.2, -0.15) is 9.29 Å². The molecule has 3 aromatic heterocycles. The number of sulfonamides is 1. The summed E-state index contributed by atoms with van der Waals surface area (Å²) in [6.45, 7) is -0.437. The van der Waals surface area contributed by atoms with Crippen LogP contribution in [0.5, 0.6) is 0 Å². The fourth-order valence-corrected chi connectivity index (χ4v) is 4.42. The summed E-state index contributed by atoms with van der Waals surface area (Å²) in [4.78, 5) is 8.00. The zero-order valence-corrected chi connectivity index (χ0v) is 14.9. The average molecular weight is 394 g/mol. The molecule has 4 rings (SSSR count). The van der Waals surface area contributed by atoms with Gasteiger partial charge in [0.05, 0.1) is 0 Å². The average Bonchev–Trinajstić information content (AvgIpc) is 3.00. The summed E-state index contributed by atoms with van der Waals surface area (Å²) in [5.41, 5.74) is 7.35. The lowest BCUT2D eigenvalue weighted by atomic mass is 10.1. The zero-order chi connectivity index (χ0) is 19.2. The van der Waals surface area contributed by atoms with Gasteiger partial charge in [-0.15, -0.1) is 5.10 Å². The first-order chi connectivity index (χ1) is 12.7. The summed E-state index contributed by atoms with van der Waals surface area (Å²) >= 11 is 0. The van der Waals surface area contributed by atoms with Crippen molar-refractivity contribution in [1.29, 1.82) is 0 Å². The minimum atomic E-state index is -3.90. The van der Waals surface area contributed by atoms with E-state index in [9.17, 15) is 17.2 Å². The Hall–Kier alpha value is -2.66. The maximum atomic E-state index is 13.3. The van der Waals surface area contributed by atoms with Crippen LogP contribution in [-0.4, -0.2) is 51.3 Å². The van der Waals surface area contributed by atoms with Crippen LogP contribution in [0.3, 0.4) is 0 Å². The molecule has 0 amide bonds. The first-order valence-electron chi connectivity index (χ1n) is 8.20. The number of nitrogen functional groups attached to an aromatic ring is 1. The summed E-state index contributed by atoms with van der Waals surface area (Å²) < 4.78 is 54.8. The molecule has 0 bridgehead atoms. The second kappa shape index (κ2) is 6.20. The van der Waals surface area contributed by atoms with E-state index in [2.05, 4.69) is 15.1 Å². The number of aromatic nitrogens is 4. The van der Waals surface area contributed by atoms with Crippen LogP contribution in [0, 0.1) is 0 Å². The van der Waals surface area contributed by atoms with Crippen molar-refractivity contribution in [2.24, 2.45) is 0 Å². The highest BCUT2D eigenvalue weighted by Crippen LogP contribution is 2.31. The van der Waals surface area contributed by atoms with Crippen molar-refractivity contribution in [3.05, 3.63) is 36.8 Å². The zero-order valence-electron chi connectivity index (χ0n) is 14.1. The number of hydrogen-bond donors (Lipinski definition) is 1. The predicted molar refractivity (Wildman–Crippen MR) is 93.6 cm³/mol. The molecule has 0 unspecified atom stereocenters. The number of nitrogens with two attached hydrogens (primary N) is 1. The number of fused-ring (bicyclic) bond motifs is 1. The summed E-state index contributed by atoms with van der Waals surface area (Å²) in [5, 5.41) is 4.02. The summed E-state index contributed by atoms with van der Waals surface area (Å²) in [7, 11) is -3.90. The highest BCUT2D eigenvalue weighted by Gasteiger charge is 2.38. The fourth-order valence-electron chi connectivity index (χ4n) is 2.99. The molecular formula is C16H16F2N6O2S. The molecule has 0 spiro atoms. The lowest BCUT2D eigenvalue weighted by Gasteiger charge is -2.30. The minimum absolute atomic E-state index is 0.0385. The molecule has 3 aromatic rings. The lowest BCUT2D eigenvalue weighted by molar-refractivity contribution is -0.0412. The highest BCUT2D eigenvalue weighted by atomic mass is 32.2. The van der Waals surface area contributed by atoms with E-state index in [1.807, 2.05) is 0 Å². The third-order valence-electron chi connectivity index (χ3n) is 4.49. The monoisotopic (exact) mass is 394 g/mol. The number of piperidine rings is 1. The molecule has 1 aliphatic heterocycles. The molecule has 0 aromatic carbocycles. The molecule has 1 fully saturated rings. The first-order valence-corrected chi connectivity index (χ1v) is 9.64. The number of halogens is 2. The summed E-state index contributed by atoms with van der Waals surface area (Å²) in [6, 6.07) is 4.92. The molecule has 0 aliphatic carbocycles. The topological polar surface area (TPSA) is 106 Å². The number of pyridine rings is 2. The van der Waals surface area contributed by atoms with Gasteiger partial charge < -0.3 is 5.73 Å². The second-order valence-corrected chi connectivity index (χ2v) is 8.30. The van der Waals surface area contributed by atoms with Gasteiger partial charge in [0.25, 0.3) is 5.92 Å². The highest BCUT2D eigenvalue weighted by molar-refractivity contribution is 7.89. The largest absolute Gasteiger partial charge is 0.366 e. The maximum Gasteiger partial charge on any atom is 0.250 e. The van der Waals surface area contributed by atoms with Crippen molar-refractivity contribution in [3.8, 4) is 11.1 Å². The quantitative estimate of drug-likeness (QED) is 0.726. The van der Waals surface area contributed by atoms with Crippen LogP contribution in [-0.2, 0) is 10.0 Å². The van der Waals surface area contributed by atoms with Crippen molar-refractivity contribution in [1.82, 2.24) is 23.9 Å². The molecular weight excluding hydrogens is 378 g/mol. The number of alkyl halides is 2. The Balaban J connectivity index is 1.67. The van der Waals surface area contributed by atoms with E-state index in [4.69, 9.17) is 5.73 Å². The Labute approximate surface area is 153 Å². The Bertz CT molecular complexity index is 1110. The Morgan fingerprint density at radius 1 is 1.11 bits per heavy atom. The molecule has 11 heteroatoms. The molecule has 0 atom stereocenters. The SMILES string of the molecule is Nc1nc2ccc(-c3cncc(S(=O)(=O)N4CCC(F)(F)CC4)c3)cn2n1. The first kappa shape index (κ1) is 17.7. The van der Waals surface area contributed by atoms with Crippen LogP contribution in [0.15, 0.2) is 41.7 Å². The smallest absolute Gasteiger partial charge is 0.250 e. The van der Waals surface area contributed by atoms with Crippen LogP contribution >= 0.6 is 0 Å². The molecule has 27 heavy (non-hydrogen) atoms. The van der Waals surface area contributed by atoms with Crippen molar-refractivity contribution in [3.63, 3.8) is 0 Å². The van der Waals surface area contributed by atoms with Gasteiger partial charge in [0, 0.05) is 55.6 Å². The van der Waals surface area contributed by atoms with E-state index in [0.29, 0.717) is 16.8 Å². The normalized spacial score (nSPS) is 18.0. The van der Waals surface area contributed by atoms with E-state index in [1.54, 1.807) is 18.3 Å². The van der Waals surface area contributed by atoms with E-state index in [-0.39, 0.29) is 23.9 Å². The van der Waals surface area contributed by atoms with Crippen LogP contribution in [0.25, 0.3) is 16.8 Å². The van der Waals surface area contributed by atoms with E-state index >= 15 is 0 Å². The van der Waals surface area contributed by atoms with Gasteiger partial charge in [-0.25, -0.2) is 21.7 Å². The number of nitrogens with zero attached hydrogens (tertiary/aromatic N) is 5. The van der Waals surface area contributed by atoms with E-state index in [0.717, 1.165) is 4.31 Å². The molecule has 8 nitrogen and oxygen atoms in total. The van der Waals surface area contributed by atoms with Crippen LogP contribution in [0.4, 0.5) is 14.7 Å². The van der Waals surface area contributed by atoms with Crippen LogP contribution in [0.1, 0.15) is 12.8 Å². The second-order valence-electron chi connectivity index (χ2n) is 6.36. The molecule has 2 N–H and O–H groups in total. The van der Waals surface area contributed by atoms with Crippen molar-refractivity contribution < 1.29 is 17.2 Å². The van der Waals surface area contributed by atoms with Crippen molar-refractivity contribution >= 4 is 21.6 Å². The van der Waals surface area contributed by atoms with E-state index < -0.39 is 28.8 Å². The third kappa shape index (κ3) is 3.35. The van der Waals surface area contributed by atoms with Gasteiger partial charge in [0.2, 0.25) is 16.0 Å². The molecule has 1 saturated heterocycles. The molecule has 0 saturated carbocycles. The van der Waals surface area contributed by atoms with Crippen molar-refractivity contribution in [2.75, 3.05) is 18.8 Å². The fraction of sp³-hybridized carbons (Fsp3) is 0.312.